The van der Waals surface area contributed by atoms with Gasteiger partial charge in [-0.2, -0.15) is 4.98 Å². The molecule has 0 N–H and O–H groups in total. The average Bonchev–Trinajstić information content (AvgIpc) is 3.33. The van der Waals surface area contributed by atoms with Crippen molar-refractivity contribution in [2.24, 2.45) is 0 Å². The van der Waals surface area contributed by atoms with Gasteiger partial charge in [0.1, 0.15) is 5.69 Å². The zero-order valence-electron chi connectivity index (χ0n) is 14.4. The van der Waals surface area contributed by atoms with Gasteiger partial charge in [-0.25, -0.2) is 9.97 Å². The molecule has 25 heavy (non-hydrogen) atoms. The van der Waals surface area contributed by atoms with Crippen LogP contribution in [0.2, 0.25) is 0 Å². The first-order chi connectivity index (χ1) is 12.2. The van der Waals surface area contributed by atoms with E-state index in [4.69, 9.17) is 4.52 Å². The van der Waals surface area contributed by atoms with Gasteiger partial charge in [0.2, 0.25) is 11.8 Å². The molecule has 1 amide bonds. The molecule has 4 heterocycles. The van der Waals surface area contributed by atoms with Crippen molar-refractivity contribution in [2.45, 2.75) is 38.5 Å². The van der Waals surface area contributed by atoms with Crippen LogP contribution in [0.5, 0.6) is 0 Å². The van der Waals surface area contributed by atoms with Crippen LogP contribution in [0, 0.1) is 6.92 Å². The van der Waals surface area contributed by atoms with Crippen molar-refractivity contribution in [3.05, 3.63) is 29.7 Å². The quantitative estimate of drug-likeness (QED) is 0.840. The van der Waals surface area contributed by atoms with Gasteiger partial charge in [-0.1, -0.05) is 5.16 Å². The number of hydrogen-bond acceptors (Lipinski definition) is 7. The Labute approximate surface area is 146 Å². The summed E-state index contributed by atoms with van der Waals surface area (Å²) in [6.07, 6.45) is 5.87. The predicted octanol–water partition coefficient (Wildman–Crippen LogP) is 1.79. The topological polar surface area (TPSA) is 88.3 Å². The van der Waals surface area contributed by atoms with E-state index in [1.807, 2.05) is 4.90 Å². The van der Waals surface area contributed by atoms with E-state index in [9.17, 15) is 4.79 Å². The van der Waals surface area contributed by atoms with Gasteiger partial charge in [0.15, 0.2) is 5.82 Å². The second kappa shape index (κ2) is 6.78. The van der Waals surface area contributed by atoms with Gasteiger partial charge in [0, 0.05) is 45.2 Å². The van der Waals surface area contributed by atoms with Crippen molar-refractivity contribution >= 4 is 11.9 Å². The number of nitrogens with zero attached hydrogens (tertiary/aromatic N) is 6. The van der Waals surface area contributed by atoms with Crippen molar-refractivity contribution in [1.29, 1.82) is 0 Å². The normalized spacial score (nSPS) is 20.9. The van der Waals surface area contributed by atoms with Gasteiger partial charge in [-0.05, 0) is 31.7 Å². The molecule has 0 aliphatic carbocycles. The number of rotatable bonds is 3. The van der Waals surface area contributed by atoms with Crippen molar-refractivity contribution < 1.29 is 9.32 Å². The third-order valence-electron chi connectivity index (χ3n) is 4.87. The predicted molar refractivity (Wildman–Crippen MR) is 90.4 cm³/mol. The largest absolute Gasteiger partial charge is 0.341 e. The van der Waals surface area contributed by atoms with E-state index >= 15 is 0 Å². The first-order valence-electron chi connectivity index (χ1n) is 8.88. The molecule has 8 heteroatoms. The highest BCUT2D eigenvalue weighted by Gasteiger charge is 2.29. The number of aryl methyl sites for hydroxylation is 1. The number of aromatic nitrogens is 4. The third-order valence-corrected chi connectivity index (χ3v) is 4.87. The SMILES string of the molecule is Cc1nc([C@H]2CCCN(C(=O)c3ccnc(N4CCCC4)n3)C2)no1. The Balaban J connectivity index is 1.49. The lowest BCUT2D eigenvalue weighted by atomic mass is 9.97. The van der Waals surface area contributed by atoms with Gasteiger partial charge in [-0.3, -0.25) is 4.79 Å². The molecule has 1 atom stereocenters. The van der Waals surface area contributed by atoms with Crippen molar-refractivity contribution in [1.82, 2.24) is 25.0 Å². The van der Waals surface area contributed by atoms with E-state index in [1.54, 1.807) is 19.2 Å². The maximum atomic E-state index is 12.9. The molecule has 0 radical (unpaired) electrons. The molecule has 2 aromatic rings. The molecule has 0 unspecified atom stereocenters. The summed E-state index contributed by atoms with van der Waals surface area (Å²) >= 11 is 0. The van der Waals surface area contributed by atoms with Crippen LogP contribution < -0.4 is 4.90 Å². The van der Waals surface area contributed by atoms with Gasteiger partial charge < -0.3 is 14.3 Å². The molecular weight excluding hydrogens is 320 g/mol. The standard InChI is InChI=1S/C17H22N6O2/c1-12-19-15(21-25-12)13-5-4-10-23(11-13)16(24)14-6-7-18-17(20-14)22-8-2-3-9-22/h6-7,13H,2-5,8-11H2,1H3/t13-/m0/s1. The number of anilines is 1. The van der Waals surface area contributed by atoms with Crippen molar-refractivity contribution in [3.63, 3.8) is 0 Å². The molecule has 8 nitrogen and oxygen atoms in total. The fraction of sp³-hybridized carbons (Fsp3) is 0.588. The molecule has 2 saturated heterocycles. The third kappa shape index (κ3) is 3.33. The van der Waals surface area contributed by atoms with Crippen LogP contribution in [0.15, 0.2) is 16.8 Å². The van der Waals surface area contributed by atoms with Crippen LogP contribution in [-0.2, 0) is 0 Å². The highest BCUT2D eigenvalue weighted by molar-refractivity contribution is 5.92. The van der Waals surface area contributed by atoms with Gasteiger partial charge >= 0.3 is 0 Å². The van der Waals surface area contributed by atoms with Crippen molar-refractivity contribution in [3.8, 4) is 0 Å². The van der Waals surface area contributed by atoms with E-state index in [-0.39, 0.29) is 11.8 Å². The van der Waals surface area contributed by atoms with Crippen LogP contribution in [-0.4, -0.2) is 57.1 Å². The van der Waals surface area contributed by atoms with Crippen molar-refractivity contribution in [2.75, 3.05) is 31.1 Å². The monoisotopic (exact) mass is 342 g/mol. The van der Waals surface area contributed by atoms with Gasteiger partial charge in [0.05, 0.1) is 0 Å². The Morgan fingerprint density at radius 2 is 2.04 bits per heavy atom. The second-order valence-electron chi connectivity index (χ2n) is 6.70. The second-order valence-corrected chi connectivity index (χ2v) is 6.70. The zero-order chi connectivity index (χ0) is 17.2. The van der Waals surface area contributed by atoms with Crippen LogP contribution in [0.25, 0.3) is 0 Å². The Morgan fingerprint density at radius 1 is 1.20 bits per heavy atom. The molecule has 2 aliphatic heterocycles. The fourth-order valence-corrected chi connectivity index (χ4v) is 3.55. The molecular formula is C17H22N6O2. The first kappa shape index (κ1) is 16.0. The number of carbonyl (C=O) groups is 1. The summed E-state index contributed by atoms with van der Waals surface area (Å²) in [4.78, 5) is 30.0. The molecule has 2 aliphatic rings. The minimum atomic E-state index is -0.0484. The minimum Gasteiger partial charge on any atom is -0.341 e. The summed E-state index contributed by atoms with van der Waals surface area (Å²) in [5.41, 5.74) is 0.460. The molecule has 2 fully saturated rings. The Hall–Kier alpha value is -2.51. The maximum Gasteiger partial charge on any atom is 0.272 e. The summed E-state index contributed by atoms with van der Waals surface area (Å²) in [6.45, 7) is 5.03. The minimum absolute atomic E-state index is 0.0484. The number of amides is 1. The summed E-state index contributed by atoms with van der Waals surface area (Å²) in [6, 6.07) is 1.70. The molecule has 0 aromatic carbocycles. The fourth-order valence-electron chi connectivity index (χ4n) is 3.55. The summed E-state index contributed by atoms with van der Waals surface area (Å²) in [5.74, 6) is 1.98. The summed E-state index contributed by atoms with van der Waals surface area (Å²) in [5, 5.41) is 4.02. The average molecular weight is 342 g/mol. The number of carbonyl (C=O) groups excluding carboxylic acids is 1. The zero-order valence-corrected chi connectivity index (χ0v) is 14.4. The van der Waals surface area contributed by atoms with E-state index in [0.717, 1.165) is 45.3 Å². The highest BCUT2D eigenvalue weighted by atomic mass is 16.5. The number of piperidine rings is 1. The molecule has 4 rings (SSSR count). The molecule has 132 valence electrons. The molecule has 0 spiro atoms. The van der Waals surface area contributed by atoms with Crippen LogP contribution in [0.4, 0.5) is 5.95 Å². The van der Waals surface area contributed by atoms with Crippen LogP contribution in [0.1, 0.15) is 53.8 Å². The lowest BCUT2D eigenvalue weighted by Gasteiger charge is -2.31. The van der Waals surface area contributed by atoms with E-state index in [0.29, 0.717) is 29.9 Å². The smallest absolute Gasteiger partial charge is 0.272 e. The molecule has 0 saturated carbocycles. The Bertz CT molecular complexity index is 755. The van der Waals surface area contributed by atoms with E-state index in [2.05, 4.69) is 25.0 Å². The maximum absolute atomic E-state index is 12.9. The Morgan fingerprint density at radius 3 is 2.80 bits per heavy atom. The number of likely N-dealkylation sites (tertiary alicyclic amines) is 1. The lowest BCUT2D eigenvalue weighted by molar-refractivity contribution is 0.0697. The summed E-state index contributed by atoms with van der Waals surface area (Å²) < 4.78 is 5.08. The first-order valence-corrected chi connectivity index (χ1v) is 8.88. The Kier molecular flexibility index (Phi) is 4.33. The lowest BCUT2D eigenvalue weighted by Crippen LogP contribution is -2.40. The highest BCUT2D eigenvalue weighted by Crippen LogP contribution is 2.26. The van der Waals surface area contributed by atoms with E-state index in [1.165, 1.54) is 0 Å². The summed E-state index contributed by atoms with van der Waals surface area (Å²) in [7, 11) is 0. The van der Waals surface area contributed by atoms with Crippen LogP contribution >= 0.6 is 0 Å². The number of hydrogen-bond donors (Lipinski definition) is 0. The molecule has 0 bridgehead atoms. The molecule has 2 aromatic heterocycles. The van der Waals surface area contributed by atoms with Gasteiger partial charge in [-0.15, -0.1) is 0 Å². The van der Waals surface area contributed by atoms with E-state index < -0.39 is 0 Å². The van der Waals surface area contributed by atoms with Gasteiger partial charge in [0.25, 0.3) is 5.91 Å². The van der Waals surface area contributed by atoms with Crippen LogP contribution in [0.3, 0.4) is 0 Å².